The quantitative estimate of drug-likeness (QED) is 0.463. The fourth-order valence-corrected chi connectivity index (χ4v) is 3.63. The highest BCUT2D eigenvalue weighted by atomic mass is 16.5. The second kappa shape index (κ2) is 12.4. The Hall–Kier alpha value is -3.64. The van der Waals surface area contributed by atoms with Gasteiger partial charge in [-0.25, -0.2) is 0 Å². The number of carbonyl (C=O) groups is 2. The lowest BCUT2D eigenvalue weighted by molar-refractivity contribution is -0.123. The number of benzene rings is 3. The van der Waals surface area contributed by atoms with E-state index in [0.29, 0.717) is 30.9 Å². The van der Waals surface area contributed by atoms with E-state index in [4.69, 9.17) is 4.74 Å². The molecule has 6 heteroatoms. The van der Waals surface area contributed by atoms with E-state index in [1.165, 1.54) is 0 Å². The molecule has 0 spiro atoms. The van der Waals surface area contributed by atoms with Gasteiger partial charge in [0.15, 0.2) is 0 Å². The summed E-state index contributed by atoms with van der Waals surface area (Å²) in [5, 5.41) is 6.04. The van der Waals surface area contributed by atoms with Gasteiger partial charge in [0, 0.05) is 13.0 Å². The highest BCUT2D eigenvalue weighted by molar-refractivity contribution is 5.93. The largest absolute Gasteiger partial charge is 0.495 e. The van der Waals surface area contributed by atoms with Crippen LogP contribution in [0.5, 0.6) is 5.75 Å². The number of nitrogens with one attached hydrogen (secondary N) is 2. The van der Waals surface area contributed by atoms with Crippen LogP contribution in [0.4, 0.5) is 5.69 Å². The van der Waals surface area contributed by atoms with Crippen LogP contribution in [-0.4, -0.2) is 43.5 Å². The normalized spacial score (nSPS) is 10.8. The lowest BCUT2D eigenvalue weighted by Gasteiger charge is -2.22. The molecule has 3 aromatic rings. The first kappa shape index (κ1) is 24.0. The van der Waals surface area contributed by atoms with Crippen molar-refractivity contribution in [2.45, 2.75) is 19.4 Å². The third-order valence-electron chi connectivity index (χ3n) is 5.42. The molecule has 0 aliphatic carbocycles. The van der Waals surface area contributed by atoms with E-state index in [1.54, 1.807) is 19.2 Å². The zero-order valence-electron chi connectivity index (χ0n) is 19.2. The number of amides is 2. The Morgan fingerprint density at radius 1 is 0.848 bits per heavy atom. The summed E-state index contributed by atoms with van der Waals surface area (Å²) in [6, 6.07) is 26.9. The van der Waals surface area contributed by atoms with Crippen molar-refractivity contribution in [1.29, 1.82) is 0 Å². The molecular weight excluding hydrogens is 414 g/mol. The van der Waals surface area contributed by atoms with Crippen molar-refractivity contribution in [3.63, 3.8) is 0 Å². The summed E-state index contributed by atoms with van der Waals surface area (Å²) in [5.41, 5.74) is 2.69. The molecule has 0 bridgehead atoms. The summed E-state index contributed by atoms with van der Waals surface area (Å²) in [6.45, 7) is 3.32. The molecule has 2 N–H and O–H groups in total. The second-order valence-corrected chi connectivity index (χ2v) is 7.69. The number of anilines is 1. The summed E-state index contributed by atoms with van der Waals surface area (Å²) in [6.07, 6.45) is 0.298. The number of methoxy groups -OCH3 is 1. The molecule has 3 aromatic carbocycles. The van der Waals surface area contributed by atoms with E-state index < -0.39 is 0 Å². The Labute approximate surface area is 195 Å². The molecule has 0 saturated heterocycles. The first-order chi connectivity index (χ1) is 16.1. The Morgan fingerprint density at radius 2 is 1.42 bits per heavy atom. The van der Waals surface area contributed by atoms with Crippen LogP contribution in [0.25, 0.3) is 0 Å². The van der Waals surface area contributed by atoms with E-state index in [-0.39, 0.29) is 24.4 Å². The van der Waals surface area contributed by atoms with E-state index in [2.05, 4.69) is 10.6 Å². The van der Waals surface area contributed by atoms with Gasteiger partial charge in [-0.15, -0.1) is 0 Å². The van der Waals surface area contributed by atoms with Crippen molar-refractivity contribution in [1.82, 2.24) is 10.2 Å². The van der Waals surface area contributed by atoms with E-state index in [1.807, 2.05) is 84.6 Å². The molecule has 0 saturated carbocycles. The standard InChI is InChI=1S/C27H31N3O3/c1-3-30(20-26(32)28-23-16-10-11-17-24(23)33-2)19-18-25(31)29-27(21-12-6-4-7-13-21)22-14-8-5-9-15-22/h4-17,27H,3,18-20H2,1-2H3,(H,28,32)(H,29,31). The third kappa shape index (κ3) is 7.19. The predicted molar refractivity (Wildman–Crippen MR) is 131 cm³/mol. The molecule has 0 aromatic heterocycles. The second-order valence-electron chi connectivity index (χ2n) is 7.69. The monoisotopic (exact) mass is 445 g/mol. The third-order valence-corrected chi connectivity index (χ3v) is 5.42. The van der Waals surface area contributed by atoms with Crippen LogP contribution in [-0.2, 0) is 9.59 Å². The molecule has 0 radical (unpaired) electrons. The lowest BCUT2D eigenvalue weighted by Crippen LogP contribution is -2.37. The molecule has 0 atom stereocenters. The molecule has 2 amide bonds. The van der Waals surface area contributed by atoms with E-state index >= 15 is 0 Å². The van der Waals surface area contributed by atoms with Gasteiger partial charge < -0.3 is 15.4 Å². The maximum Gasteiger partial charge on any atom is 0.238 e. The van der Waals surface area contributed by atoms with Gasteiger partial charge in [-0.1, -0.05) is 79.7 Å². The van der Waals surface area contributed by atoms with Gasteiger partial charge in [-0.2, -0.15) is 0 Å². The molecule has 0 aliphatic rings. The number of hydrogen-bond donors (Lipinski definition) is 2. The lowest BCUT2D eigenvalue weighted by atomic mass is 9.98. The van der Waals surface area contributed by atoms with Crippen LogP contribution in [0.3, 0.4) is 0 Å². The number of likely N-dealkylation sites (N-methyl/N-ethyl adjacent to an activating group) is 1. The van der Waals surface area contributed by atoms with Crippen molar-refractivity contribution in [3.8, 4) is 5.75 Å². The van der Waals surface area contributed by atoms with E-state index in [9.17, 15) is 9.59 Å². The Morgan fingerprint density at radius 3 is 2.00 bits per heavy atom. The molecule has 0 fully saturated rings. The van der Waals surface area contributed by atoms with Gasteiger partial charge in [-0.05, 0) is 29.8 Å². The highest BCUT2D eigenvalue weighted by Gasteiger charge is 2.18. The summed E-state index contributed by atoms with van der Waals surface area (Å²) in [5.74, 6) is 0.408. The molecule has 33 heavy (non-hydrogen) atoms. The zero-order valence-corrected chi connectivity index (χ0v) is 19.2. The Kier molecular flexibility index (Phi) is 9.03. The van der Waals surface area contributed by atoms with Crippen molar-refractivity contribution in [2.75, 3.05) is 32.1 Å². The van der Waals surface area contributed by atoms with Crippen LogP contribution in [0.1, 0.15) is 30.5 Å². The topological polar surface area (TPSA) is 70.7 Å². The van der Waals surface area contributed by atoms with Gasteiger partial charge in [0.25, 0.3) is 0 Å². The van der Waals surface area contributed by atoms with Crippen LogP contribution < -0.4 is 15.4 Å². The molecule has 3 rings (SSSR count). The summed E-state index contributed by atoms with van der Waals surface area (Å²) >= 11 is 0. The first-order valence-electron chi connectivity index (χ1n) is 11.1. The maximum absolute atomic E-state index is 12.8. The molecule has 0 heterocycles. The van der Waals surface area contributed by atoms with Gasteiger partial charge >= 0.3 is 0 Å². The summed E-state index contributed by atoms with van der Waals surface area (Å²) < 4.78 is 5.29. The number of ether oxygens (including phenoxy) is 1. The van der Waals surface area contributed by atoms with Gasteiger partial charge in [-0.3, -0.25) is 14.5 Å². The smallest absolute Gasteiger partial charge is 0.238 e. The molecule has 6 nitrogen and oxygen atoms in total. The number of hydrogen-bond acceptors (Lipinski definition) is 4. The first-order valence-corrected chi connectivity index (χ1v) is 11.1. The van der Waals surface area contributed by atoms with Gasteiger partial charge in [0.05, 0.1) is 25.4 Å². The Bertz CT molecular complexity index is 986. The van der Waals surface area contributed by atoms with Crippen LogP contribution in [0.15, 0.2) is 84.9 Å². The number of para-hydroxylation sites is 2. The van der Waals surface area contributed by atoms with Crippen molar-refractivity contribution >= 4 is 17.5 Å². The average Bonchev–Trinajstić information content (AvgIpc) is 2.86. The zero-order chi connectivity index (χ0) is 23.5. The fourth-order valence-electron chi connectivity index (χ4n) is 3.63. The minimum absolute atomic E-state index is 0.0590. The van der Waals surface area contributed by atoms with Crippen LogP contribution in [0, 0.1) is 0 Å². The average molecular weight is 446 g/mol. The maximum atomic E-state index is 12.8. The highest BCUT2D eigenvalue weighted by Crippen LogP contribution is 2.23. The van der Waals surface area contributed by atoms with Crippen molar-refractivity contribution < 1.29 is 14.3 Å². The van der Waals surface area contributed by atoms with E-state index in [0.717, 1.165) is 11.1 Å². The fraction of sp³-hybridized carbons (Fsp3) is 0.259. The van der Waals surface area contributed by atoms with Crippen LogP contribution >= 0.6 is 0 Å². The summed E-state index contributed by atoms with van der Waals surface area (Å²) in [4.78, 5) is 27.3. The van der Waals surface area contributed by atoms with Crippen molar-refractivity contribution in [3.05, 3.63) is 96.1 Å². The number of rotatable bonds is 11. The minimum atomic E-state index is -0.219. The molecule has 172 valence electrons. The summed E-state index contributed by atoms with van der Waals surface area (Å²) in [7, 11) is 1.57. The Balaban J connectivity index is 1.56. The molecular formula is C27H31N3O3. The minimum Gasteiger partial charge on any atom is -0.495 e. The molecule has 0 aliphatic heterocycles. The predicted octanol–water partition coefficient (Wildman–Crippen LogP) is 4.25. The van der Waals surface area contributed by atoms with Crippen LogP contribution in [0.2, 0.25) is 0 Å². The van der Waals surface area contributed by atoms with Gasteiger partial charge in [0.2, 0.25) is 11.8 Å². The number of nitrogens with zero attached hydrogens (tertiary/aromatic N) is 1. The van der Waals surface area contributed by atoms with Gasteiger partial charge in [0.1, 0.15) is 5.75 Å². The molecule has 0 unspecified atom stereocenters. The number of carbonyl (C=O) groups excluding carboxylic acids is 2. The van der Waals surface area contributed by atoms with Crippen molar-refractivity contribution in [2.24, 2.45) is 0 Å². The SMILES string of the molecule is CCN(CCC(=O)NC(c1ccccc1)c1ccccc1)CC(=O)Nc1ccccc1OC.